The van der Waals surface area contributed by atoms with Crippen molar-refractivity contribution in [2.24, 2.45) is 5.92 Å². The summed E-state index contributed by atoms with van der Waals surface area (Å²) < 4.78 is 4.80. The topological polar surface area (TPSA) is 29.5 Å². The van der Waals surface area contributed by atoms with Gasteiger partial charge in [-0.3, -0.25) is 9.69 Å². The van der Waals surface area contributed by atoms with E-state index in [2.05, 4.69) is 26.3 Å². The molecule has 0 heterocycles. The Bertz CT molecular complexity index is 266. The molecule has 90 valence electrons. The first-order chi connectivity index (χ1) is 7.56. The predicted octanol–water partition coefficient (Wildman–Crippen LogP) is 1.70. The van der Waals surface area contributed by atoms with Gasteiger partial charge in [-0.1, -0.05) is 25.8 Å². The lowest BCUT2D eigenvalue weighted by molar-refractivity contribution is -0.147. The fraction of sp³-hybridized carbons (Fsp3) is 0.615. The summed E-state index contributed by atoms with van der Waals surface area (Å²) in [6.07, 6.45) is 7.77. The van der Waals surface area contributed by atoms with Gasteiger partial charge in [0.05, 0.1) is 13.7 Å². The molecule has 0 aromatic heterocycles. The third-order valence-corrected chi connectivity index (χ3v) is 2.27. The van der Waals surface area contributed by atoms with E-state index in [-0.39, 0.29) is 12.0 Å². The van der Waals surface area contributed by atoms with Crippen LogP contribution in [0.2, 0.25) is 0 Å². The molecule has 0 aliphatic carbocycles. The number of esters is 1. The summed E-state index contributed by atoms with van der Waals surface area (Å²) in [5.74, 6) is 2.74. The molecule has 0 saturated heterocycles. The molecule has 3 nitrogen and oxygen atoms in total. The van der Waals surface area contributed by atoms with Gasteiger partial charge in [0, 0.05) is 6.54 Å². The minimum atomic E-state index is -0.279. The van der Waals surface area contributed by atoms with Crippen LogP contribution in [0.5, 0.6) is 0 Å². The molecule has 0 spiro atoms. The van der Waals surface area contributed by atoms with Crippen LogP contribution in [0.15, 0.2) is 12.7 Å². The van der Waals surface area contributed by atoms with Crippen LogP contribution in [0.25, 0.3) is 0 Å². The minimum absolute atomic E-state index is 0.231. The van der Waals surface area contributed by atoms with E-state index < -0.39 is 0 Å². The van der Waals surface area contributed by atoms with Crippen LogP contribution in [0.1, 0.15) is 20.3 Å². The van der Waals surface area contributed by atoms with Crippen molar-refractivity contribution in [3.8, 4) is 12.3 Å². The average molecular weight is 223 g/mol. The van der Waals surface area contributed by atoms with Gasteiger partial charge in [0.25, 0.3) is 0 Å². The van der Waals surface area contributed by atoms with Crippen LogP contribution < -0.4 is 0 Å². The summed E-state index contributed by atoms with van der Waals surface area (Å²) in [5, 5.41) is 0. The van der Waals surface area contributed by atoms with Gasteiger partial charge >= 0.3 is 5.97 Å². The Labute approximate surface area is 98.5 Å². The van der Waals surface area contributed by atoms with E-state index >= 15 is 0 Å². The Balaban J connectivity index is 4.73. The summed E-state index contributed by atoms with van der Waals surface area (Å²) in [7, 11) is 1.40. The molecular formula is C13H21NO2. The number of terminal acetylenes is 1. The van der Waals surface area contributed by atoms with Crippen LogP contribution in [0.3, 0.4) is 0 Å². The van der Waals surface area contributed by atoms with Crippen molar-refractivity contribution in [3.05, 3.63) is 12.7 Å². The van der Waals surface area contributed by atoms with Gasteiger partial charge in [-0.2, -0.15) is 0 Å². The maximum absolute atomic E-state index is 11.7. The first kappa shape index (κ1) is 14.7. The van der Waals surface area contributed by atoms with E-state index in [4.69, 9.17) is 11.2 Å². The third kappa shape index (κ3) is 4.99. The number of rotatable bonds is 7. The molecule has 1 atom stereocenters. The van der Waals surface area contributed by atoms with Crippen molar-refractivity contribution in [1.82, 2.24) is 4.90 Å². The Morgan fingerprint density at radius 1 is 1.62 bits per heavy atom. The predicted molar refractivity (Wildman–Crippen MR) is 65.9 cm³/mol. The molecule has 0 fully saturated rings. The highest BCUT2D eigenvalue weighted by atomic mass is 16.5. The zero-order chi connectivity index (χ0) is 12.6. The molecule has 0 aliphatic heterocycles. The number of methoxy groups -OCH3 is 1. The molecule has 1 unspecified atom stereocenters. The molecular weight excluding hydrogens is 202 g/mol. The van der Waals surface area contributed by atoms with E-state index in [0.717, 1.165) is 6.42 Å². The number of ether oxygens (including phenoxy) is 1. The Hall–Kier alpha value is -1.27. The van der Waals surface area contributed by atoms with Crippen molar-refractivity contribution < 1.29 is 9.53 Å². The van der Waals surface area contributed by atoms with Crippen LogP contribution in [0.4, 0.5) is 0 Å². The lowest BCUT2D eigenvalue weighted by atomic mass is 10.0. The standard InChI is InChI=1S/C13H21NO2/c1-6-8-14(9-7-2)12(10-11(3)4)13(15)16-5/h1,7,11-12H,2,8-10H2,3-5H3. The second kappa shape index (κ2) is 7.95. The van der Waals surface area contributed by atoms with Crippen molar-refractivity contribution in [3.63, 3.8) is 0 Å². The van der Waals surface area contributed by atoms with Gasteiger partial charge in [-0.05, 0) is 12.3 Å². The largest absolute Gasteiger partial charge is 0.468 e. The average Bonchev–Trinajstić information content (AvgIpc) is 2.24. The van der Waals surface area contributed by atoms with Gasteiger partial charge in [0.2, 0.25) is 0 Å². The third-order valence-electron chi connectivity index (χ3n) is 2.27. The number of carbonyl (C=O) groups is 1. The highest BCUT2D eigenvalue weighted by Gasteiger charge is 2.26. The second-order valence-electron chi connectivity index (χ2n) is 4.09. The molecule has 0 radical (unpaired) electrons. The van der Waals surface area contributed by atoms with E-state index in [1.54, 1.807) is 6.08 Å². The van der Waals surface area contributed by atoms with E-state index in [1.165, 1.54) is 7.11 Å². The van der Waals surface area contributed by atoms with Crippen molar-refractivity contribution in [2.75, 3.05) is 20.2 Å². The molecule has 16 heavy (non-hydrogen) atoms. The van der Waals surface area contributed by atoms with Crippen LogP contribution >= 0.6 is 0 Å². The Kier molecular flexibility index (Phi) is 7.32. The number of hydrogen-bond acceptors (Lipinski definition) is 3. The van der Waals surface area contributed by atoms with Crippen LogP contribution in [0, 0.1) is 18.3 Å². The highest BCUT2D eigenvalue weighted by molar-refractivity contribution is 5.75. The molecule has 0 N–H and O–H groups in total. The monoisotopic (exact) mass is 223 g/mol. The molecule has 0 aliphatic rings. The van der Waals surface area contributed by atoms with E-state index in [0.29, 0.717) is 19.0 Å². The maximum Gasteiger partial charge on any atom is 0.323 e. The second-order valence-corrected chi connectivity index (χ2v) is 4.09. The Morgan fingerprint density at radius 3 is 2.62 bits per heavy atom. The molecule has 0 aromatic rings. The first-order valence-electron chi connectivity index (χ1n) is 5.43. The summed E-state index contributed by atoms with van der Waals surface area (Å²) in [5.41, 5.74) is 0. The van der Waals surface area contributed by atoms with Crippen molar-refractivity contribution in [1.29, 1.82) is 0 Å². The fourth-order valence-electron chi connectivity index (χ4n) is 1.56. The normalized spacial score (nSPS) is 12.2. The molecule has 0 bridgehead atoms. The van der Waals surface area contributed by atoms with E-state index in [1.807, 2.05) is 4.90 Å². The summed E-state index contributed by atoms with van der Waals surface area (Å²) in [6.45, 7) is 8.82. The van der Waals surface area contributed by atoms with Gasteiger partial charge in [0.1, 0.15) is 6.04 Å². The molecule has 0 amide bonds. The molecule has 3 heteroatoms. The number of carbonyl (C=O) groups excluding carboxylic acids is 1. The van der Waals surface area contributed by atoms with E-state index in [9.17, 15) is 4.79 Å². The Morgan fingerprint density at radius 2 is 2.25 bits per heavy atom. The van der Waals surface area contributed by atoms with Crippen LogP contribution in [-0.2, 0) is 9.53 Å². The lowest BCUT2D eigenvalue weighted by Crippen LogP contribution is -2.43. The molecule has 0 rings (SSSR count). The quantitative estimate of drug-likeness (QED) is 0.374. The summed E-state index contributed by atoms with van der Waals surface area (Å²) in [4.78, 5) is 13.6. The zero-order valence-electron chi connectivity index (χ0n) is 10.4. The molecule has 0 aromatic carbocycles. The molecule has 0 saturated carbocycles. The van der Waals surface area contributed by atoms with Gasteiger partial charge < -0.3 is 4.74 Å². The first-order valence-corrected chi connectivity index (χ1v) is 5.43. The van der Waals surface area contributed by atoms with Gasteiger partial charge in [0.15, 0.2) is 0 Å². The maximum atomic E-state index is 11.7. The highest BCUT2D eigenvalue weighted by Crippen LogP contribution is 2.13. The summed E-state index contributed by atoms with van der Waals surface area (Å²) in [6, 6.07) is -0.279. The summed E-state index contributed by atoms with van der Waals surface area (Å²) >= 11 is 0. The SMILES string of the molecule is C#CCN(CC=C)C(CC(C)C)C(=O)OC. The van der Waals surface area contributed by atoms with Crippen LogP contribution in [-0.4, -0.2) is 37.1 Å². The fourth-order valence-corrected chi connectivity index (χ4v) is 1.56. The zero-order valence-corrected chi connectivity index (χ0v) is 10.4. The number of nitrogens with zero attached hydrogens (tertiary/aromatic N) is 1. The van der Waals surface area contributed by atoms with Gasteiger partial charge in [-0.15, -0.1) is 13.0 Å². The lowest BCUT2D eigenvalue weighted by Gasteiger charge is -2.28. The minimum Gasteiger partial charge on any atom is -0.468 e. The van der Waals surface area contributed by atoms with Crippen molar-refractivity contribution in [2.45, 2.75) is 26.3 Å². The number of hydrogen-bond donors (Lipinski definition) is 0. The van der Waals surface area contributed by atoms with Gasteiger partial charge in [-0.25, -0.2) is 0 Å². The van der Waals surface area contributed by atoms with Crippen molar-refractivity contribution >= 4 is 5.97 Å². The smallest absolute Gasteiger partial charge is 0.323 e.